The molecule has 0 radical (unpaired) electrons. The Morgan fingerprint density at radius 1 is 1.41 bits per heavy atom. The van der Waals surface area contributed by atoms with Crippen LogP contribution in [0.4, 0.5) is 5.69 Å². The highest BCUT2D eigenvalue weighted by Gasteiger charge is 2.31. The van der Waals surface area contributed by atoms with Crippen LogP contribution >= 0.6 is 0 Å². The summed E-state index contributed by atoms with van der Waals surface area (Å²) in [6, 6.07) is 5.23. The molecule has 1 fully saturated rings. The highest BCUT2D eigenvalue weighted by Crippen LogP contribution is 2.36. The first kappa shape index (κ1) is 10.3. The number of anilines is 1. The molecule has 4 heteroatoms. The van der Waals surface area contributed by atoms with Gasteiger partial charge in [0.25, 0.3) is 5.91 Å². The predicted molar refractivity (Wildman–Crippen MR) is 62.2 cm³/mol. The summed E-state index contributed by atoms with van der Waals surface area (Å²) in [5.74, 6) is 0.811. The first-order chi connectivity index (χ1) is 8.15. The summed E-state index contributed by atoms with van der Waals surface area (Å²) in [6.45, 7) is 1.70. The Morgan fingerprint density at radius 2 is 2.18 bits per heavy atom. The first-order valence-electron chi connectivity index (χ1n) is 5.81. The van der Waals surface area contributed by atoms with Crippen LogP contribution in [0.3, 0.4) is 0 Å². The number of ketones is 1. The minimum absolute atomic E-state index is 0.167. The van der Waals surface area contributed by atoms with Crippen molar-refractivity contribution in [2.24, 2.45) is 5.92 Å². The van der Waals surface area contributed by atoms with Gasteiger partial charge in [0.15, 0.2) is 11.9 Å². The Bertz CT molecular complexity index is 505. The molecule has 1 saturated carbocycles. The van der Waals surface area contributed by atoms with Crippen molar-refractivity contribution in [2.75, 3.05) is 5.32 Å². The molecular formula is C13H13NO3. The van der Waals surface area contributed by atoms with Crippen LogP contribution in [0.2, 0.25) is 0 Å². The first-order valence-corrected chi connectivity index (χ1v) is 5.81. The van der Waals surface area contributed by atoms with Crippen molar-refractivity contribution in [3.8, 4) is 5.75 Å². The van der Waals surface area contributed by atoms with E-state index in [1.54, 1.807) is 25.1 Å². The lowest BCUT2D eigenvalue weighted by molar-refractivity contribution is -0.122. The second kappa shape index (κ2) is 3.58. The van der Waals surface area contributed by atoms with Gasteiger partial charge in [0.05, 0.1) is 5.69 Å². The Kier molecular flexibility index (Phi) is 2.18. The van der Waals surface area contributed by atoms with Crippen molar-refractivity contribution in [3.63, 3.8) is 0 Å². The van der Waals surface area contributed by atoms with Crippen molar-refractivity contribution in [1.82, 2.24) is 0 Å². The Labute approximate surface area is 99.0 Å². The Morgan fingerprint density at radius 3 is 2.88 bits per heavy atom. The lowest BCUT2D eigenvalue weighted by Gasteiger charge is -2.23. The van der Waals surface area contributed by atoms with Gasteiger partial charge < -0.3 is 10.1 Å². The highest BCUT2D eigenvalue weighted by atomic mass is 16.5. The van der Waals surface area contributed by atoms with Gasteiger partial charge in [-0.2, -0.15) is 0 Å². The van der Waals surface area contributed by atoms with Gasteiger partial charge >= 0.3 is 0 Å². The summed E-state index contributed by atoms with van der Waals surface area (Å²) in [6.07, 6.45) is 1.48. The number of hydrogen-bond acceptors (Lipinski definition) is 3. The van der Waals surface area contributed by atoms with Crippen molar-refractivity contribution in [1.29, 1.82) is 0 Å². The van der Waals surface area contributed by atoms with Gasteiger partial charge in [-0.05, 0) is 38.0 Å². The second-order valence-corrected chi connectivity index (χ2v) is 4.60. The van der Waals surface area contributed by atoms with E-state index in [-0.39, 0.29) is 17.6 Å². The maximum Gasteiger partial charge on any atom is 0.265 e. The second-order valence-electron chi connectivity index (χ2n) is 4.60. The minimum Gasteiger partial charge on any atom is -0.479 e. The Balaban J connectivity index is 1.93. The monoisotopic (exact) mass is 231 g/mol. The fraction of sp³-hybridized carbons (Fsp3) is 0.385. The van der Waals surface area contributed by atoms with E-state index in [1.165, 1.54) is 0 Å². The van der Waals surface area contributed by atoms with Gasteiger partial charge in [-0.1, -0.05) is 0 Å². The van der Waals surface area contributed by atoms with Crippen LogP contribution in [0.5, 0.6) is 5.75 Å². The summed E-state index contributed by atoms with van der Waals surface area (Å²) in [5, 5.41) is 2.75. The van der Waals surface area contributed by atoms with Gasteiger partial charge in [0, 0.05) is 11.5 Å². The standard InChI is InChI=1S/C13H13NO3/c1-7-13(16)14-10-6-9(4-5-11(10)17-7)12(15)8-2-3-8/h4-8H,2-3H2,1H3,(H,14,16). The number of fused-ring (bicyclic) bond motifs is 1. The number of Topliss-reactive ketones (excluding diaryl/α,β-unsaturated/α-hetero) is 1. The fourth-order valence-corrected chi connectivity index (χ4v) is 1.94. The van der Waals surface area contributed by atoms with Gasteiger partial charge in [-0.15, -0.1) is 0 Å². The van der Waals surface area contributed by atoms with E-state index in [0.717, 1.165) is 12.8 Å². The summed E-state index contributed by atoms with van der Waals surface area (Å²) >= 11 is 0. The molecule has 1 atom stereocenters. The molecule has 0 bridgehead atoms. The zero-order valence-electron chi connectivity index (χ0n) is 9.53. The van der Waals surface area contributed by atoms with E-state index >= 15 is 0 Å². The number of amides is 1. The van der Waals surface area contributed by atoms with Crippen LogP contribution in [-0.2, 0) is 4.79 Å². The largest absolute Gasteiger partial charge is 0.479 e. The highest BCUT2D eigenvalue weighted by molar-refractivity contribution is 6.03. The van der Waals surface area contributed by atoms with E-state index in [2.05, 4.69) is 5.32 Å². The molecule has 0 spiro atoms. The molecule has 1 aliphatic carbocycles. The summed E-state index contributed by atoms with van der Waals surface area (Å²) < 4.78 is 5.43. The zero-order valence-corrected chi connectivity index (χ0v) is 9.53. The lowest BCUT2D eigenvalue weighted by Crippen LogP contribution is -2.34. The third-order valence-electron chi connectivity index (χ3n) is 3.14. The molecule has 0 saturated heterocycles. The van der Waals surface area contributed by atoms with Crippen LogP contribution < -0.4 is 10.1 Å². The number of carbonyl (C=O) groups excluding carboxylic acids is 2. The quantitative estimate of drug-likeness (QED) is 0.792. The van der Waals surface area contributed by atoms with Gasteiger partial charge in [0.2, 0.25) is 0 Å². The third-order valence-corrected chi connectivity index (χ3v) is 3.14. The van der Waals surface area contributed by atoms with E-state index in [1.807, 2.05) is 0 Å². The van der Waals surface area contributed by atoms with Gasteiger partial charge in [0.1, 0.15) is 5.75 Å². The molecule has 17 heavy (non-hydrogen) atoms. The number of carbonyl (C=O) groups is 2. The van der Waals surface area contributed by atoms with E-state index in [0.29, 0.717) is 17.0 Å². The number of rotatable bonds is 2. The number of benzene rings is 1. The fourth-order valence-electron chi connectivity index (χ4n) is 1.94. The van der Waals surface area contributed by atoms with Crippen molar-refractivity contribution in [2.45, 2.75) is 25.9 Å². The van der Waals surface area contributed by atoms with Crippen molar-refractivity contribution in [3.05, 3.63) is 23.8 Å². The molecule has 0 aromatic heterocycles. The van der Waals surface area contributed by atoms with Crippen LogP contribution in [0.1, 0.15) is 30.1 Å². The smallest absolute Gasteiger partial charge is 0.265 e. The van der Waals surface area contributed by atoms with Crippen molar-refractivity contribution < 1.29 is 14.3 Å². The molecule has 2 aliphatic rings. The molecule has 1 aromatic carbocycles. The molecule has 4 nitrogen and oxygen atoms in total. The van der Waals surface area contributed by atoms with Gasteiger partial charge in [-0.25, -0.2) is 0 Å². The van der Waals surface area contributed by atoms with Crippen LogP contribution in [0, 0.1) is 5.92 Å². The molecule has 3 rings (SSSR count). The van der Waals surface area contributed by atoms with Crippen LogP contribution in [0.25, 0.3) is 0 Å². The molecule has 1 aliphatic heterocycles. The normalized spacial score (nSPS) is 22.4. The van der Waals surface area contributed by atoms with Gasteiger partial charge in [-0.3, -0.25) is 9.59 Å². The van der Waals surface area contributed by atoms with Crippen molar-refractivity contribution >= 4 is 17.4 Å². The predicted octanol–water partition coefficient (Wildman–Crippen LogP) is 2.00. The molecular weight excluding hydrogens is 218 g/mol. The number of ether oxygens (including phenoxy) is 1. The topological polar surface area (TPSA) is 55.4 Å². The maximum atomic E-state index is 11.9. The molecule has 88 valence electrons. The summed E-state index contributed by atoms with van der Waals surface area (Å²) in [5.41, 5.74) is 1.25. The molecule has 1 amide bonds. The lowest BCUT2D eigenvalue weighted by atomic mass is 10.1. The summed E-state index contributed by atoms with van der Waals surface area (Å²) in [4.78, 5) is 23.3. The molecule has 1 N–H and O–H groups in total. The number of nitrogens with one attached hydrogen (secondary N) is 1. The van der Waals surface area contributed by atoms with E-state index in [9.17, 15) is 9.59 Å². The zero-order chi connectivity index (χ0) is 12.0. The number of hydrogen-bond donors (Lipinski definition) is 1. The van der Waals surface area contributed by atoms with Crippen LogP contribution in [-0.4, -0.2) is 17.8 Å². The average molecular weight is 231 g/mol. The third kappa shape index (κ3) is 1.79. The molecule has 1 heterocycles. The molecule has 1 aromatic rings. The molecule has 1 unspecified atom stereocenters. The average Bonchev–Trinajstić information content (AvgIpc) is 3.13. The van der Waals surface area contributed by atoms with E-state index in [4.69, 9.17) is 4.74 Å². The maximum absolute atomic E-state index is 11.9. The summed E-state index contributed by atoms with van der Waals surface area (Å²) in [7, 11) is 0. The minimum atomic E-state index is -0.479. The van der Waals surface area contributed by atoms with Crippen LogP contribution in [0.15, 0.2) is 18.2 Å². The Hall–Kier alpha value is -1.84. The van der Waals surface area contributed by atoms with E-state index < -0.39 is 6.10 Å². The SMILES string of the molecule is CC1Oc2ccc(C(=O)C3CC3)cc2NC1=O.